The number of hydroxylamine groups is 1. The number of amides is 1. The van der Waals surface area contributed by atoms with Gasteiger partial charge in [0.1, 0.15) is 0 Å². The van der Waals surface area contributed by atoms with Crippen LogP contribution in [0.25, 0.3) is 0 Å². The first-order valence-electron chi connectivity index (χ1n) is 4.10. The second-order valence-corrected chi connectivity index (χ2v) is 3.05. The van der Waals surface area contributed by atoms with Crippen LogP contribution in [0.3, 0.4) is 0 Å². The number of anilines is 1. The number of hydrogen-bond acceptors (Lipinski definition) is 2. The maximum Gasteiger partial charge on any atom is 0.247 e. The van der Waals surface area contributed by atoms with Gasteiger partial charge in [0.2, 0.25) is 5.91 Å². The normalized spacial score (nSPS) is 9.85. The van der Waals surface area contributed by atoms with Crippen LogP contribution in [0.1, 0.15) is 18.1 Å². The fourth-order valence-corrected chi connectivity index (χ4v) is 1.13. The molecule has 3 nitrogen and oxygen atoms in total. The molecule has 1 aromatic rings. The van der Waals surface area contributed by atoms with Gasteiger partial charge < -0.3 is 0 Å². The van der Waals surface area contributed by atoms with E-state index in [0.717, 1.165) is 11.1 Å². The van der Waals surface area contributed by atoms with Crippen molar-refractivity contribution in [2.24, 2.45) is 0 Å². The van der Waals surface area contributed by atoms with Crippen LogP contribution in [0.15, 0.2) is 18.2 Å². The third-order valence-corrected chi connectivity index (χ3v) is 2.10. The minimum Gasteiger partial charge on any atom is -0.281 e. The molecule has 0 radical (unpaired) electrons. The summed E-state index contributed by atoms with van der Waals surface area (Å²) in [6.45, 7) is 5.13. The Balaban J connectivity index is 3.15. The highest BCUT2D eigenvalue weighted by molar-refractivity contribution is 5.89. The van der Waals surface area contributed by atoms with Gasteiger partial charge in [0.05, 0.1) is 5.69 Å². The number of aryl methyl sites for hydroxylation is 1. The molecule has 0 bridgehead atoms. The lowest BCUT2D eigenvalue weighted by atomic mass is 10.1. The Hall–Kier alpha value is -1.35. The van der Waals surface area contributed by atoms with Crippen molar-refractivity contribution < 1.29 is 10.0 Å². The van der Waals surface area contributed by atoms with Crippen LogP contribution >= 0.6 is 0 Å². The Morgan fingerprint density at radius 2 is 2.00 bits per heavy atom. The molecule has 13 heavy (non-hydrogen) atoms. The van der Waals surface area contributed by atoms with Crippen LogP contribution in [0, 0.1) is 13.8 Å². The highest BCUT2D eigenvalue weighted by Crippen LogP contribution is 2.21. The molecule has 0 atom stereocenters. The van der Waals surface area contributed by atoms with Crippen molar-refractivity contribution in [3.63, 3.8) is 0 Å². The Labute approximate surface area is 77.6 Å². The van der Waals surface area contributed by atoms with Crippen LogP contribution < -0.4 is 5.06 Å². The lowest BCUT2D eigenvalue weighted by Crippen LogP contribution is -2.24. The number of benzene rings is 1. The molecule has 0 heterocycles. The summed E-state index contributed by atoms with van der Waals surface area (Å²) in [4.78, 5) is 10.9. The van der Waals surface area contributed by atoms with E-state index in [0.29, 0.717) is 10.8 Å². The molecule has 0 aliphatic rings. The van der Waals surface area contributed by atoms with Gasteiger partial charge in [-0.05, 0) is 31.0 Å². The molecule has 0 aliphatic carbocycles. The second-order valence-electron chi connectivity index (χ2n) is 3.05. The van der Waals surface area contributed by atoms with Gasteiger partial charge >= 0.3 is 0 Å². The van der Waals surface area contributed by atoms with Gasteiger partial charge in [-0.2, -0.15) is 5.06 Å². The minimum absolute atomic E-state index is 0.381. The Bertz CT molecular complexity index is 334. The SMILES string of the molecule is CC(=O)N(O)c1cccc(C)c1C. The molecule has 0 unspecified atom stereocenters. The molecule has 0 aliphatic heterocycles. The van der Waals surface area contributed by atoms with E-state index in [-0.39, 0.29) is 5.91 Å². The van der Waals surface area contributed by atoms with E-state index in [9.17, 15) is 10.0 Å². The molecule has 0 spiro atoms. The number of carbonyl (C=O) groups is 1. The van der Waals surface area contributed by atoms with E-state index in [1.54, 1.807) is 6.07 Å². The molecule has 1 rings (SSSR count). The Kier molecular flexibility index (Phi) is 2.68. The predicted octanol–water partition coefficient (Wildman–Crippen LogP) is 2.05. The summed E-state index contributed by atoms with van der Waals surface area (Å²) in [5, 5.41) is 10.1. The van der Waals surface area contributed by atoms with Crippen LogP contribution in [-0.2, 0) is 4.79 Å². The Morgan fingerprint density at radius 3 is 2.54 bits per heavy atom. The molecular weight excluding hydrogens is 166 g/mol. The quantitative estimate of drug-likeness (QED) is 0.529. The number of carbonyl (C=O) groups excluding carboxylic acids is 1. The monoisotopic (exact) mass is 179 g/mol. The summed E-state index contributed by atoms with van der Waals surface area (Å²) in [6, 6.07) is 5.46. The highest BCUT2D eigenvalue weighted by atomic mass is 16.5. The summed E-state index contributed by atoms with van der Waals surface area (Å²) in [6.07, 6.45) is 0. The molecule has 1 aromatic carbocycles. The average molecular weight is 179 g/mol. The molecule has 0 saturated carbocycles. The maximum absolute atomic E-state index is 10.9. The zero-order valence-electron chi connectivity index (χ0n) is 8.03. The zero-order valence-corrected chi connectivity index (χ0v) is 8.03. The number of nitrogens with zero attached hydrogens (tertiary/aromatic N) is 1. The van der Waals surface area contributed by atoms with Gasteiger partial charge in [0, 0.05) is 6.92 Å². The van der Waals surface area contributed by atoms with Crippen LogP contribution in [-0.4, -0.2) is 11.1 Å². The summed E-state index contributed by atoms with van der Waals surface area (Å²) in [5.41, 5.74) is 2.52. The standard InChI is InChI=1S/C10H13NO2/c1-7-5-4-6-10(8(7)2)11(13)9(3)12/h4-6,13H,1-3H3. The Morgan fingerprint density at radius 1 is 1.38 bits per heavy atom. The maximum atomic E-state index is 10.9. The molecule has 0 aromatic heterocycles. The first kappa shape index (κ1) is 9.74. The van der Waals surface area contributed by atoms with E-state index < -0.39 is 0 Å². The lowest BCUT2D eigenvalue weighted by Gasteiger charge is -2.16. The van der Waals surface area contributed by atoms with Crippen molar-refractivity contribution in [1.82, 2.24) is 0 Å². The van der Waals surface area contributed by atoms with Gasteiger partial charge in [-0.1, -0.05) is 12.1 Å². The van der Waals surface area contributed by atoms with E-state index in [2.05, 4.69) is 0 Å². The summed E-state index contributed by atoms with van der Waals surface area (Å²) >= 11 is 0. The van der Waals surface area contributed by atoms with Gasteiger partial charge in [-0.15, -0.1) is 0 Å². The number of rotatable bonds is 1. The molecule has 1 N–H and O–H groups in total. The first-order valence-corrected chi connectivity index (χ1v) is 4.10. The average Bonchev–Trinajstić information content (AvgIpc) is 2.08. The molecule has 1 amide bonds. The van der Waals surface area contributed by atoms with Crippen molar-refractivity contribution >= 4 is 11.6 Å². The van der Waals surface area contributed by atoms with Crippen molar-refractivity contribution in [1.29, 1.82) is 0 Å². The first-order chi connectivity index (χ1) is 6.04. The smallest absolute Gasteiger partial charge is 0.247 e. The van der Waals surface area contributed by atoms with Crippen molar-refractivity contribution in [2.75, 3.05) is 5.06 Å². The third kappa shape index (κ3) is 1.87. The molecule has 0 fully saturated rings. The summed E-state index contributed by atoms with van der Waals surface area (Å²) < 4.78 is 0. The summed E-state index contributed by atoms with van der Waals surface area (Å²) in [7, 11) is 0. The minimum atomic E-state index is -0.381. The van der Waals surface area contributed by atoms with Crippen LogP contribution in [0.4, 0.5) is 5.69 Å². The van der Waals surface area contributed by atoms with Crippen molar-refractivity contribution in [3.8, 4) is 0 Å². The van der Waals surface area contributed by atoms with E-state index in [1.165, 1.54) is 6.92 Å². The molecule has 0 saturated heterocycles. The van der Waals surface area contributed by atoms with Crippen molar-refractivity contribution in [3.05, 3.63) is 29.3 Å². The summed E-state index contributed by atoms with van der Waals surface area (Å²) in [5.74, 6) is -0.381. The zero-order chi connectivity index (χ0) is 10.0. The van der Waals surface area contributed by atoms with Gasteiger partial charge in [-0.25, -0.2) is 0 Å². The fourth-order valence-electron chi connectivity index (χ4n) is 1.13. The van der Waals surface area contributed by atoms with Gasteiger partial charge in [0.15, 0.2) is 0 Å². The van der Waals surface area contributed by atoms with E-state index in [1.807, 2.05) is 26.0 Å². The molecule has 3 heteroatoms. The van der Waals surface area contributed by atoms with Gasteiger partial charge in [0.25, 0.3) is 0 Å². The molecule has 70 valence electrons. The highest BCUT2D eigenvalue weighted by Gasteiger charge is 2.10. The van der Waals surface area contributed by atoms with Crippen LogP contribution in [0.5, 0.6) is 0 Å². The second kappa shape index (κ2) is 3.58. The molecular formula is C10H13NO2. The lowest BCUT2D eigenvalue weighted by molar-refractivity contribution is -0.121. The third-order valence-electron chi connectivity index (χ3n) is 2.10. The van der Waals surface area contributed by atoms with Crippen molar-refractivity contribution in [2.45, 2.75) is 20.8 Å². The predicted molar refractivity (Wildman–Crippen MR) is 50.9 cm³/mol. The van der Waals surface area contributed by atoms with E-state index >= 15 is 0 Å². The largest absolute Gasteiger partial charge is 0.281 e. The van der Waals surface area contributed by atoms with Gasteiger partial charge in [-0.3, -0.25) is 10.0 Å². The van der Waals surface area contributed by atoms with E-state index in [4.69, 9.17) is 0 Å². The topological polar surface area (TPSA) is 40.5 Å². The van der Waals surface area contributed by atoms with Crippen LogP contribution in [0.2, 0.25) is 0 Å². The number of hydrogen-bond donors (Lipinski definition) is 1. The fraction of sp³-hybridized carbons (Fsp3) is 0.300.